The lowest BCUT2D eigenvalue weighted by molar-refractivity contribution is -0.137. The molecule has 0 amide bonds. The first-order valence-corrected chi connectivity index (χ1v) is 13.9. The standard InChI is InChI=1S/C24H32FNO5S2/c1-4-5-11-24(2)15-26(18-8-6-17(25)7-9-18)19-13-21(32-3)20(31-12-10-23(27)28)14-22(19)33(29,30)16-24/h6-9,13-14,29-30H,4-5,10-12,15-16H2,1-3H3,(H,27,28)/t24-/m1/s1. The highest BCUT2D eigenvalue weighted by atomic mass is 32.3. The van der Waals surface area contributed by atoms with Crippen LogP contribution >= 0.6 is 22.4 Å². The van der Waals surface area contributed by atoms with Crippen LogP contribution in [0.4, 0.5) is 15.8 Å². The quantitative estimate of drug-likeness (QED) is 0.326. The molecule has 2 aromatic rings. The first-order valence-electron chi connectivity index (χ1n) is 10.9. The van der Waals surface area contributed by atoms with Crippen molar-refractivity contribution < 1.29 is 28.1 Å². The summed E-state index contributed by atoms with van der Waals surface area (Å²) < 4.78 is 42.1. The number of carbonyl (C=O) groups is 1. The van der Waals surface area contributed by atoms with Gasteiger partial charge in [0.15, 0.2) is 0 Å². The second-order valence-corrected chi connectivity index (χ2v) is 11.7. The molecule has 0 saturated carbocycles. The van der Waals surface area contributed by atoms with Crippen LogP contribution in [0.1, 0.15) is 39.5 Å². The summed E-state index contributed by atoms with van der Waals surface area (Å²) in [5.41, 5.74) is 1.03. The van der Waals surface area contributed by atoms with E-state index < -0.39 is 16.6 Å². The lowest BCUT2D eigenvalue weighted by Gasteiger charge is -2.39. The van der Waals surface area contributed by atoms with Gasteiger partial charge in [0.2, 0.25) is 0 Å². The predicted molar refractivity (Wildman–Crippen MR) is 133 cm³/mol. The number of thioether (sulfide) groups is 1. The van der Waals surface area contributed by atoms with Crippen molar-refractivity contribution in [2.75, 3.05) is 30.1 Å². The van der Waals surface area contributed by atoms with Gasteiger partial charge >= 0.3 is 5.97 Å². The van der Waals surface area contributed by atoms with Crippen LogP contribution < -0.4 is 9.64 Å². The fourth-order valence-corrected chi connectivity index (χ4v) is 6.92. The lowest BCUT2D eigenvalue weighted by atomic mass is 9.86. The molecule has 182 valence electrons. The first kappa shape index (κ1) is 25.7. The normalized spacial score (nSPS) is 20.6. The maximum Gasteiger partial charge on any atom is 0.306 e. The molecule has 6 nitrogen and oxygen atoms in total. The number of ether oxygens (including phenoxy) is 1. The number of anilines is 2. The molecular weight excluding hydrogens is 465 g/mol. The molecule has 0 saturated heterocycles. The average Bonchev–Trinajstić information content (AvgIpc) is 2.84. The monoisotopic (exact) mass is 497 g/mol. The number of fused-ring (bicyclic) bond motifs is 1. The Hall–Kier alpha value is -1.94. The zero-order valence-corrected chi connectivity index (χ0v) is 20.8. The van der Waals surface area contributed by atoms with Crippen molar-refractivity contribution in [2.45, 2.75) is 49.3 Å². The maximum absolute atomic E-state index is 13.7. The van der Waals surface area contributed by atoms with Crippen molar-refractivity contribution in [3.05, 3.63) is 42.2 Å². The molecule has 1 heterocycles. The van der Waals surface area contributed by atoms with Crippen molar-refractivity contribution in [1.29, 1.82) is 0 Å². The van der Waals surface area contributed by atoms with Crippen molar-refractivity contribution >= 4 is 39.7 Å². The number of rotatable bonds is 9. The third-order valence-corrected chi connectivity index (χ3v) is 8.71. The van der Waals surface area contributed by atoms with Gasteiger partial charge in [0.25, 0.3) is 0 Å². The van der Waals surface area contributed by atoms with E-state index in [1.165, 1.54) is 23.9 Å². The number of aliphatic carboxylic acids is 1. The van der Waals surface area contributed by atoms with Crippen LogP contribution in [0.25, 0.3) is 0 Å². The van der Waals surface area contributed by atoms with Gasteiger partial charge in [0.1, 0.15) is 11.6 Å². The number of unbranched alkanes of at least 4 members (excludes halogenated alkanes) is 1. The van der Waals surface area contributed by atoms with E-state index in [2.05, 4.69) is 13.8 Å². The zero-order valence-electron chi connectivity index (χ0n) is 19.2. The first-order chi connectivity index (χ1) is 15.6. The van der Waals surface area contributed by atoms with Crippen LogP contribution in [0.3, 0.4) is 0 Å². The topological polar surface area (TPSA) is 90.2 Å². The molecule has 1 aliphatic heterocycles. The molecule has 0 bridgehead atoms. The summed E-state index contributed by atoms with van der Waals surface area (Å²) in [7, 11) is -3.18. The molecule has 1 atom stereocenters. The van der Waals surface area contributed by atoms with Crippen LogP contribution in [0.15, 0.2) is 46.2 Å². The van der Waals surface area contributed by atoms with E-state index in [1.54, 1.807) is 18.2 Å². The fraction of sp³-hybridized carbons (Fsp3) is 0.458. The van der Waals surface area contributed by atoms with E-state index in [1.807, 2.05) is 17.2 Å². The molecule has 33 heavy (non-hydrogen) atoms. The average molecular weight is 498 g/mol. The van der Waals surface area contributed by atoms with Gasteiger partial charge in [0.05, 0.1) is 28.5 Å². The molecule has 1 aliphatic rings. The Morgan fingerprint density at radius 3 is 2.58 bits per heavy atom. The van der Waals surface area contributed by atoms with Crippen LogP contribution in [-0.4, -0.2) is 45.3 Å². The molecule has 0 aliphatic carbocycles. The zero-order chi connectivity index (χ0) is 24.2. The van der Waals surface area contributed by atoms with Crippen molar-refractivity contribution in [1.82, 2.24) is 0 Å². The highest BCUT2D eigenvalue weighted by Gasteiger charge is 2.40. The minimum Gasteiger partial charge on any atom is -0.492 e. The highest BCUT2D eigenvalue weighted by Crippen LogP contribution is 2.61. The van der Waals surface area contributed by atoms with Gasteiger partial charge in [-0.25, -0.2) is 4.39 Å². The van der Waals surface area contributed by atoms with E-state index in [-0.39, 0.29) is 30.0 Å². The Labute approximate surface area is 200 Å². The second kappa shape index (κ2) is 10.5. The molecule has 0 fully saturated rings. The van der Waals surface area contributed by atoms with Gasteiger partial charge < -0.3 is 14.7 Å². The van der Waals surface area contributed by atoms with E-state index in [0.29, 0.717) is 22.9 Å². The third kappa shape index (κ3) is 6.15. The van der Waals surface area contributed by atoms with Crippen LogP contribution in [-0.2, 0) is 4.79 Å². The molecule has 0 aromatic heterocycles. The number of carboxylic acids is 1. The summed E-state index contributed by atoms with van der Waals surface area (Å²) in [4.78, 5) is 14.1. The Kier molecular flexibility index (Phi) is 8.21. The Bertz CT molecular complexity index is 986. The predicted octanol–water partition coefficient (Wildman–Crippen LogP) is 6.86. The minimum atomic E-state index is -3.18. The van der Waals surface area contributed by atoms with E-state index in [0.717, 1.165) is 29.8 Å². The molecule has 3 N–H and O–H groups in total. The van der Waals surface area contributed by atoms with E-state index in [4.69, 9.17) is 9.84 Å². The fourth-order valence-electron chi connectivity index (χ4n) is 4.21. The van der Waals surface area contributed by atoms with Crippen molar-refractivity contribution in [2.24, 2.45) is 5.41 Å². The van der Waals surface area contributed by atoms with Crippen LogP contribution in [0.2, 0.25) is 0 Å². The maximum atomic E-state index is 13.7. The number of benzene rings is 2. The van der Waals surface area contributed by atoms with Crippen molar-refractivity contribution in [3.63, 3.8) is 0 Å². The van der Waals surface area contributed by atoms with Gasteiger partial charge in [-0.05, 0) is 43.0 Å². The number of hydrogen-bond acceptors (Lipinski definition) is 6. The van der Waals surface area contributed by atoms with Gasteiger partial charge in [0, 0.05) is 29.5 Å². The summed E-state index contributed by atoms with van der Waals surface area (Å²) in [6.45, 7) is 4.71. The summed E-state index contributed by atoms with van der Waals surface area (Å²) in [6.07, 6.45) is 4.50. The highest BCUT2D eigenvalue weighted by molar-refractivity contribution is 8.24. The molecule has 2 aromatic carbocycles. The summed E-state index contributed by atoms with van der Waals surface area (Å²) in [5, 5.41) is 8.94. The Balaban J connectivity index is 2.14. The molecule has 0 unspecified atom stereocenters. The smallest absolute Gasteiger partial charge is 0.306 e. The number of carboxylic acid groups (broad SMARTS) is 1. The SMILES string of the molecule is CCCC[C@]1(C)CN(c2ccc(F)cc2)c2cc(SC)c(OCCC(=O)O)cc2S(O)(O)C1. The number of hydrogen-bond donors (Lipinski definition) is 3. The van der Waals surface area contributed by atoms with Gasteiger partial charge in [-0.3, -0.25) is 13.9 Å². The van der Waals surface area contributed by atoms with E-state index >= 15 is 0 Å². The lowest BCUT2D eigenvalue weighted by Crippen LogP contribution is -2.35. The molecular formula is C24H32FNO5S2. The van der Waals surface area contributed by atoms with Gasteiger partial charge in [-0.15, -0.1) is 11.8 Å². The van der Waals surface area contributed by atoms with Crippen LogP contribution in [0, 0.1) is 11.2 Å². The molecule has 9 heteroatoms. The Morgan fingerprint density at radius 1 is 1.27 bits per heavy atom. The van der Waals surface area contributed by atoms with Gasteiger partial charge in [-0.2, -0.15) is 10.6 Å². The third-order valence-electron chi connectivity index (χ3n) is 5.82. The number of nitrogens with zero attached hydrogens (tertiary/aromatic N) is 1. The molecule has 3 rings (SSSR count). The minimum absolute atomic E-state index is 0.0171. The molecule has 0 spiro atoms. The number of halogens is 1. The summed E-state index contributed by atoms with van der Waals surface area (Å²) >= 11 is 1.43. The van der Waals surface area contributed by atoms with E-state index in [9.17, 15) is 18.3 Å². The largest absolute Gasteiger partial charge is 0.492 e. The summed E-state index contributed by atoms with van der Waals surface area (Å²) in [6, 6.07) is 9.71. The Morgan fingerprint density at radius 2 is 1.97 bits per heavy atom. The second-order valence-electron chi connectivity index (χ2n) is 8.75. The summed E-state index contributed by atoms with van der Waals surface area (Å²) in [5.74, 6) is -0.663. The molecule has 0 radical (unpaired) electrons. The van der Waals surface area contributed by atoms with Crippen molar-refractivity contribution in [3.8, 4) is 5.75 Å². The van der Waals surface area contributed by atoms with Crippen LogP contribution in [0.5, 0.6) is 5.75 Å². The van der Waals surface area contributed by atoms with Gasteiger partial charge in [-0.1, -0.05) is 26.7 Å².